The van der Waals surface area contributed by atoms with Crippen LogP contribution in [-0.2, 0) is 5.41 Å². The molecule has 4 aromatic rings. The normalized spacial score (nSPS) is 12.8. The van der Waals surface area contributed by atoms with Crippen molar-refractivity contribution in [2.24, 2.45) is 0 Å². The van der Waals surface area contributed by atoms with Gasteiger partial charge in [-0.25, -0.2) is 4.98 Å². The van der Waals surface area contributed by atoms with E-state index in [0.717, 1.165) is 22.3 Å². The molecule has 100 valence electrons. The van der Waals surface area contributed by atoms with Gasteiger partial charge in [0.1, 0.15) is 16.8 Å². The fourth-order valence-electron chi connectivity index (χ4n) is 2.95. The first-order valence-electron chi connectivity index (χ1n) is 6.94. The van der Waals surface area contributed by atoms with E-state index >= 15 is 0 Å². The average Bonchev–Trinajstić information content (AvgIpc) is 2.93. The number of hydrogen-bond acceptors (Lipinski definition) is 1. The van der Waals surface area contributed by atoms with Gasteiger partial charge in [0.15, 0.2) is 0 Å². The molecule has 1 N–H and O–H groups in total. The summed E-state index contributed by atoms with van der Waals surface area (Å²) in [6.45, 7) is 6.74. The highest BCUT2D eigenvalue weighted by molar-refractivity contribution is 6.07. The lowest BCUT2D eigenvalue weighted by Crippen LogP contribution is -2.11. The molecule has 0 radical (unpaired) electrons. The molecule has 0 aliphatic rings. The molecular formula is C17H17N3. The van der Waals surface area contributed by atoms with Crippen molar-refractivity contribution in [2.75, 3.05) is 0 Å². The number of nitrogens with zero attached hydrogens (tertiary/aromatic N) is 2. The molecule has 0 saturated heterocycles. The summed E-state index contributed by atoms with van der Waals surface area (Å²) in [5.74, 6) is 0. The number of imidazole rings is 1. The van der Waals surface area contributed by atoms with E-state index in [-0.39, 0.29) is 5.41 Å². The molecule has 0 amide bonds. The molecule has 3 aromatic heterocycles. The number of aromatic amines is 1. The molecule has 0 fully saturated rings. The second kappa shape index (κ2) is 3.63. The van der Waals surface area contributed by atoms with Crippen LogP contribution in [0.4, 0.5) is 0 Å². The summed E-state index contributed by atoms with van der Waals surface area (Å²) >= 11 is 0. The van der Waals surface area contributed by atoms with Gasteiger partial charge in [-0.1, -0.05) is 39.0 Å². The van der Waals surface area contributed by atoms with Gasteiger partial charge < -0.3 is 4.98 Å². The van der Waals surface area contributed by atoms with Crippen molar-refractivity contribution in [3.05, 3.63) is 48.2 Å². The number of aromatic nitrogens is 3. The van der Waals surface area contributed by atoms with E-state index in [0.29, 0.717) is 0 Å². The third-order valence-electron chi connectivity index (χ3n) is 3.89. The summed E-state index contributed by atoms with van der Waals surface area (Å²) in [6, 6.07) is 12.5. The Morgan fingerprint density at radius 2 is 1.90 bits per heavy atom. The predicted molar refractivity (Wildman–Crippen MR) is 83.3 cm³/mol. The van der Waals surface area contributed by atoms with Gasteiger partial charge in [0.05, 0.1) is 0 Å². The number of benzene rings is 1. The second-order valence-electron chi connectivity index (χ2n) is 6.34. The highest BCUT2D eigenvalue weighted by Gasteiger charge is 2.21. The van der Waals surface area contributed by atoms with E-state index in [4.69, 9.17) is 4.98 Å². The number of hydrogen-bond donors (Lipinski definition) is 1. The van der Waals surface area contributed by atoms with Gasteiger partial charge >= 0.3 is 0 Å². The number of H-pyrrole nitrogens is 1. The molecule has 0 unspecified atom stereocenters. The van der Waals surface area contributed by atoms with E-state index in [1.165, 1.54) is 10.9 Å². The Morgan fingerprint density at radius 1 is 1.05 bits per heavy atom. The van der Waals surface area contributed by atoms with Crippen LogP contribution in [-0.4, -0.2) is 14.4 Å². The third-order valence-corrected chi connectivity index (χ3v) is 3.89. The van der Waals surface area contributed by atoms with Gasteiger partial charge in [0, 0.05) is 17.1 Å². The maximum absolute atomic E-state index is 4.81. The molecule has 20 heavy (non-hydrogen) atoms. The van der Waals surface area contributed by atoms with Gasteiger partial charge in [-0.15, -0.1) is 0 Å². The summed E-state index contributed by atoms with van der Waals surface area (Å²) in [5, 5.41) is 1.25. The predicted octanol–water partition coefficient (Wildman–Crippen LogP) is 4.27. The first kappa shape index (κ1) is 11.5. The lowest BCUT2D eigenvalue weighted by Gasteiger charge is -2.19. The standard InChI is InChI=1S/C17H17N3/c1-17(2,3)11-7-6-8-12-14(11)15-16(18-12)20-10-5-4-9-13(20)19-15/h4-10,18H,1-3H3. The van der Waals surface area contributed by atoms with Crippen molar-refractivity contribution in [3.8, 4) is 0 Å². The van der Waals surface area contributed by atoms with Crippen molar-refractivity contribution in [1.29, 1.82) is 0 Å². The SMILES string of the molecule is CC(C)(C)c1cccc2[nH]c3c(nc4ccccn43)c12. The van der Waals surface area contributed by atoms with Crippen LogP contribution < -0.4 is 0 Å². The van der Waals surface area contributed by atoms with Crippen molar-refractivity contribution in [1.82, 2.24) is 14.4 Å². The lowest BCUT2D eigenvalue weighted by molar-refractivity contribution is 0.596. The van der Waals surface area contributed by atoms with Gasteiger partial charge in [0.25, 0.3) is 0 Å². The Morgan fingerprint density at radius 3 is 2.70 bits per heavy atom. The molecule has 0 atom stereocenters. The van der Waals surface area contributed by atoms with E-state index in [9.17, 15) is 0 Å². The number of nitrogens with one attached hydrogen (secondary N) is 1. The van der Waals surface area contributed by atoms with Gasteiger partial charge in [-0.2, -0.15) is 0 Å². The van der Waals surface area contributed by atoms with Crippen LogP contribution in [0, 0.1) is 0 Å². The van der Waals surface area contributed by atoms with Crippen LogP contribution in [0.1, 0.15) is 26.3 Å². The minimum absolute atomic E-state index is 0.102. The quantitative estimate of drug-likeness (QED) is 0.505. The molecule has 3 nitrogen and oxygen atoms in total. The fraction of sp³-hybridized carbons (Fsp3) is 0.235. The Kier molecular flexibility index (Phi) is 2.09. The molecular weight excluding hydrogens is 246 g/mol. The van der Waals surface area contributed by atoms with Gasteiger partial charge in [-0.3, -0.25) is 4.40 Å². The van der Waals surface area contributed by atoms with Crippen LogP contribution >= 0.6 is 0 Å². The summed E-state index contributed by atoms with van der Waals surface area (Å²) < 4.78 is 2.11. The van der Waals surface area contributed by atoms with E-state index in [2.05, 4.69) is 54.6 Å². The number of fused-ring (bicyclic) bond motifs is 5. The Labute approximate surface area is 117 Å². The zero-order valence-electron chi connectivity index (χ0n) is 11.9. The second-order valence-corrected chi connectivity index (χ2v) is 6.34. The average molecular weight is 263 g/mol. The molecule has 0 aliphatic heterocycles. The molecule has 0 spiro atoms. The molecule has 0 aliphatic carbocycles. The Hall–Kier alpha value is -2.29. The number of pyridine rings is 1. The van der Waals surface area contributed by atoms with E-state index in [1.54, 1.807) is 0 Å². The molecule has 1 aromatic carbocycles. The van der Waals surface area contributed by atoms with Crippen molar-refractivity contribution < 1.29 is 0 Å². The monoisotopic (exact) mass is 263 g/mol. The summed E-state index contributed by atoms with van der Waals surface area (Å²) in [6.07, 6.45) is 2.05. The fourth-order valence-corrected chi connectivity index (χ4v) is 2.95. The summed E-state index contributed by atoms with van der Waals surface area (Å²) in [5.41, 5.74) is 5.73. The largest absolute Gasteiger partial charge is 0.339 e. The van der Waals surface area contributed by atoms with Crippen molar-refractivity contribution in [3.63, 3.8) is 0 Å². The van der Waals surface area contributed by atoms with Crippen molar-refractivity contribution in [2.45, 2.75) is 26.2 Å². The van der Waals surface area contributed by atoms with E-state index in [1.807, 2.05) is 18.2 Å². The smallest absolute Gasteiger partial charge is 0.143 e. The molecule has 3 heterocycles. The van der Waals surface area contributed by atoms with Crippen LogP contribution in [0.5, 0.6) is 0 Å². The minimum Gasteiger partial charge on any atom is -0.339 e. The first-order valence-corrected chi connectivity index (χ1v) is 6.94. The maximum atomic E-state index is 4.81. The molecule has 0 saturated carbocycles. The first-order chi connectivity index (χ1) is 9.55. The van der Waals surface area contributed by atoms with Crippen LogP contribution in [0.2, 0.25) is 0 Å². The minimum atomic E-state index is 0.102. The highest BCUT2D eigenvalue weighted by atomic mass is 15.1. The maximum Gasteiger partial charge on any atom is 0.143 e. The topological polar surface area (TPSA) is 33.1 Å². The molecule has 0 bridgehead atoms. The van der Waals surface area contributed by atoms with Crippen LogP contribution in [0.15, 0.2) is 42.6 Å². The summed E-state index contributed by atoms with van der Waals surface area (Å²) in [4.78, 5) is 8.32. The van der Waals surface area contributed by atoms with E-state index < -0.39 is 0 Å². The van der Waals surface area contributed by atoms with Crippen molar-refractivity contribution >= 4 is 27.7 Å². The lowest BCUT2D eigenvalue weighted by atomic mass is 9.85. The molecule has 4 rings (SSSR count). The van der Waals surface area contributed by atoms with Crippen LogP contribution in [0.3, 0.4) is 0 Å². The number of rotatable bonds is 0. The van der Waals surface area contributed by atoms with Gasteiger partial charge in [0.2, 0.25) is 0 Å². The van der Waals surface area contributed by atoms with Gasteiger partial charge in [-0.05, 0) is 29.2 Å². The summed E-state index contributed by atoms with van der Waals surface area (Å²) in [7, 11) is 0. The highest BCUT2D eigenvalue weighted by Crippen LogP contribution is 2.34. The zero-order valence-corrected chi connectivity index (χ0v) is 11.9. The third kappa shape index (κ3) is 1.43. The zero-order chi connectivity index (χ0) is 13.9. The van der Waals surface area contributed by atoms with Crippen LogP contribution in [0.25, 0.3) is 27.7 Å². The Balaban J connectivity index is 2.25. The molecule has 3 heteroatoms. The Bertz CT molecular complexity index is 935.